The molecule has 0 spiro atoms. The lowest BCUT2D eigenvalue weighted by Gasteiger charge is -2.14. The minimum Gasteiger partial charge on any atom is -0.481 e. The Bertz CT molecular complexity index is 1270. The lowest BCUT2D eigenvalue weighted by molar-refractivity contribution is -0.122. The zero-order valence-electron chi connectivity index (χ0n) is 17.5. The number of ether oxygens (including phenoxy) is 1. The Morgan fingerprint density at radius 3 is 2.82 bits per heavy atom. The molecule has 2 aromatic carbocycles. The first kappa shape index (κ1) is 22.5. The maximum atomic E-state index is 15.1. The van der Waals surface area contributed by atoms with Gasteiger partial charge in [0.2, 0.25) is 0 Å². The van der Waals surface area contributed by atoms with Crippen molar-refractivity contribution in [2.24, 2.45) is 4.36 Å². The lowest BCUT2D eigenvalue weighted by Crippen LogP contribution is -2.29. The summed E-state index contributed by atoms with van der Waals surface area (Å²) in [5.41, 5.74) is 1.21. The van der Waals surface area contributed by atoms with Gasteiger partial charge < -0.3 is 15.4 Å². The van der Waals surface area contributed by atoms with Crippen molar-refractivity contribution in [3.63, 3.8) is 0 Å². The van der Waals surface area contributed by atoms with Crippen molar-refractivity contribution in [2.75, 3.05) is 30.0 Å². The molecule has 11 heteroatoms. The van der Waals surface area contributed by atoms with Crippen molar-refractivity contribution in [1.29, 1.82) is 5.26 Å². The van der Waals surface area contributed by atoms with Gasteiger partial charge in [-0.3, -0.25) is 4.79 Å². The van der Waals surface area contributed by atoms with Gasteiger partial charge in [-0.25, -0.2) is 23.1 Å². The Kier molecular flexibility index (Phi) is 7.04. The Morgan fingerprint density at radius 1 is 1.21 bits per heavy atom. The number of carbonyl (C=O) groups excluding carboxylic acids is 1. The summed E-state index contributed by atoms with van der Waals surface area (Å²) in [6, 6.07) is 8.56. The fraction of sp³-hybridized carbons (Fsp3) is 0.273. The molecule has 0 saturated carbocycles. The van der Waals surface area contributed by atoms with Gasteiger partial charge in [-0.05, 0) is 31.0 Å². The Morgan fingerprint density at radius 2 is 2.03 bits per heavy atom. The number of aromatic nitrogens is 2. The summed E-state index contributed by atoms with van der Waals surface area (Å²) in [5.74, 6) is 0.602. The van der Waals surface area contributed by atoms with E-state index in [0.717, 1.165) is 30.4 Å². The fourth-order valence-electron chi connectivity index (χ4n) is 3.33. The van der Waals surface area contributed by atoms with E-state index in [1.807, 2.05) is 0 Å². The lowest BCUT2D eigenvalue weighted by atomic mass is 10.2. The zero-order valence-corrected chi connectivity index (χ0v) is 18.3. The molecule has 1 aliphatic rings. The van der Waals surface area contributed by atoms with Crippen molar-refractivity contribution >= 4 is 44.7 Å². The number of anilines is 2. The molecule has 1 amide bonds. The molecule has 0 radical (unpaired) electrons. The summed E-state index contributed by atoms with van der Waals surface area (Å²) in [5, 5.41) is 14.0. The van der Waals surface area contributed by atoms with E-state index in [9.17, 15) is 9.18 Å². The van der Waals surface area contributed by atoms with Crippen LogP contribution in [0.1, 0.15) is 12.8 Å². The zero-order chi connectivity index (χ0) is 23.2. The molecule has 1 fully saturated rings. The molecule has 2 heterocycles. The van der Waals surface area contributed by atoms with Crippen molar-refractivity contribution in [1.82, 2.24) is 15.3 Å². The second-order valence-corrected chi connectivity index (χ2v) is 9.13. The molecule has 33 heavy (non-hydrogen) atoms. The predicted octanol–water partition coefficient (Wildman–Crippen LogP) is 3.90. The first-order valence-corrected chi connectivity index (χ1v) is 11.7. The molecule has 4 rings (SSSR count). The van der Waals surface area contributed by atoms with Crippen LogP contribution in [0, 0.1) is 23.0 Å². The van der Waals surface area contributed by atoms with E-state index in [1.165, 1.54) is 24.5 Å². The smallest absolute Gasteiger partial charge is 0.258 e. The number of rotatable bonds is 7. The summed E-state index contributed by atoms with van der Waals surface area (Å²) in [6.45, 7) is -0.594. The average molecular weight is 471 g/mol. The van der Waals surface area contributed by atoms with E-state index in [2.05, 4.69) is 25.0 Å². The Balaban J connectivity index is 1.62. The molecule has 0 aliphatic carbocycles. The molecule has 1 aliphatic heterocycles. The highest BCUT2D eigenvalue weighted by Gasteiger charge is 2.15. The normalized spacial score (nSPS) is 13.5. The number of nitriles is 1. The summed E-state index contributed by atoms with van der Waals surface area (Å²) in [4.78, 5) is 20.1. The van der Waals surface area contributed by atoms with E-state index in [4.69, 9.17) is 10.00 Å². The standard InChI is InChI=1S/C22H20F2N6O2S/c23-14-3-4-17(19(9-14)32-12-20(31)26-6-5-25)29-22-21-16(24)10-15(11-18(21)27-13-28-22)30-33-7-1-2-8-33/h3-4,9-11,13H,1-2,6-8,12H2,(H,26,31)(H,27,28,29). The van der Waals surface area contributed by atoms with Gasteiger partial charge in [-0.15, -0.1) is 0 Å². The van der Waals surface area contributed by atoms with E-state index in [0.29, 0.717) is 11.2 Å². The molecule has 8 nitrogen and oxygen atoms in total. The number of benzene rings is 2. The van der Waals surface area contributed by atoms with E-state index >= 15 is 4.39 Å². The van der Waals surface area contributed by atoms with Crippen LogP contribution in [0.15, 0.2) is 41.0 Å². The second kappa shape index (κ2) is 10.3. The minimum absolute atomic E-state index is 0.0309. The van der Waals surface area contributed by atoms with Crippen LogP contribution in [-0.4, -0.2) is 40.5 Å². The first-order valence-electron chi connectivity index (χ1n) is 10.2. The van der Waals surface area contributed by atoms with Gasteiger partial charge in [-0.2, -0.15) is 5.26 Å². The van der Waals surface area contributed by atoms with E-state index in [-0.39, 0.29) is 39.9 Å². The van der Waals surface area contributed by atoms with Gasteiger partial charge in [-0.1, -0.05) is 10.7 Å². The van der Waals surface area contributed by atoms with Gasteiger partial charge >= 0.3 is 0 Å². The summed E-state index contributed by atoms with van der Waals surface area (Å²) in [7, 11) is -0.0836. The quantitative estimate of drug-likeness (QED) is 0.507. The van der Waals surface area contributed by atoms with Gasteiger partial charge in [0.25, 0.3) is 5.91 Å². The number of hydrogen-bond donors (Lipinski definition) is 2. The SMILES string of the molecule is N#CCNC(=O)COc1cc(F)ccc1Nc1ncnc2cc(N=S3CCCC3)cc(F)c12. The highest BCUT2D eigenvalue weighted by atomic mass is 32.2. The van der Waals surface area contributed by atoms with Crippen molar-refractivity contribution in [3.8, 4) is 11.8 Å². The number of carbonyl (C=O) groups is 1. The molecule has 2 N–H and O–H groups in total. The third-order valence-electron chi connectivity index (χ3n) is 4.84. The molecule has 0 bridgehead atoms. The van der Waals surface area contributed by atoms with Crippen molar-refractivity contribution in [2.45, 2.75) is 12.8 Å². The Labute approximate surface area is 191 Å². The number of fused-ring (bicyclic) bond motifs is 1. The number of nitrogens with zero attached hydrogens (tertiary/aromatic N) is 4. The number of nitrogens with one attached hydrogen (secondary N) is 2. The minimum atomic E-state index is -0.578. The van der Waals surface area contributed by atoms with Crippen LogP contribution >= 0.6 is 0 Å². The fourth-order valence-corrected chi connectivity index (χ4v) is 5.20. The van der Waals surface area contributed by atoms with Crippen LogP contribution in [0.2, 0.25) is 0 Å². The molecule has 1 saturated heterocycles. The highest BCUT2D eigenvalue weighted by Crippen LogP contribution is 2.33. The Hall–Kier alpha value is -3.65. The monoisotopic (exact) mass is 470 g/mol. The summed E-state index contributed by atoms with van der Waals surface area (Å²) < 4.78 is 38.9. The molecule has 170 valence electrons. The molecule has 3 aromatic rings. The largest absolute Gasteiger partial charge is 0.481 e. The van der Waals surface area contributed by atoms with Crippen LogP contribution in [0.3, 0.4) is 0 Å². The second-order valence-electron chi connectivity index (χ2n) is 7.20. The van der Waals surface area contributed by atoms with Crippen LogP contribution in [0.5, 0.6) is 5.75 Å². The maximum absolute atomic E-state index is 15.1. The topological polar surface area (TPSA) is 112 Å². The van der Waals surface area contributed by atoms with E-state index < -0.39 is 24.1 Å². The van der Waals surface area contributed by atoms with Crippen LogP contribution < -0.4 is 15.4 Å². The van der Waals surface area contributed by atoms with Gasteiger partial charge in [0.15, 0.2) is 6.61 Å². The maximum Gasteiger partial charge on any atom is 0.258 e. The third-order valence-corrected chi connectivity index (χ3v) is 6.83. The van der Waals surface area contributed by atoms with E-state index in [1.54, 1.807) is 12.1 Å². The van der Waals surface area contributed by atoms with Crippen LogP contribution in [-0.2, 0) is 15.5 Å². The molecule has 0 atom stereocenters. The van der Waals surface area contributed by atoms with Gasteiger partial charge in [0, 0.05) is 23.6 Å². The van der Waals surface area contributed by atoms with Crippen molar-refractivity contribution < 1.29 is 18.3 Å². The average Bonchev–Trinajstić information content (AvgIpc) is 3.30. The van der Waals surface area contributed by atoms with Gasteiger partial charge in [0.1, 0.15) is 36.1 Å². The highest BCUT2D eigenvalue weighted by molar-refractivity contribution is 7.87. The third kappa shape index (κ3) is 5.59. The molecule has 0 unspecified atom stereocenters. The molecular weight excluding hydrogens is 450 g/mol. The summed E-state index contributed by atoms with van der Waals surface area (Å²) >= 11 is 0. The molecular formula is C22H20F2N6O2S. The van der Waals surface area contributed by atoms with Crippen LogP contribution in [0.4, 0.5) is 26.0 Å². The number of halogens is 2. The number of hydrogen-bond acceptors (Lipinski definition) is 7. The van der Waals surface area contributed by atoms with Crippen LogP contribution in [0.25, 0.3) is 10.9 Å². The number of amides is 1. The van der Waals surface area contributed by atoms with Gasteiger partial charge in [0.05, 0.1) is 28.3 Å². The van der Waals surface area contributed by atoms with Crippen molar-refractivity contribution in [3.05, 3.63) is 48.3 Å². The predicted molar refractivity (Wildman–Crippen MR) is 122 cm³/mol. The first-order chi connectivity index (χ1) is 16.0. The summed E-state index contributed by atoms with van der Waals surface area (Å²) in [6.07, 6.45) is 3.58. The molecule has 1 aromatic heterocycles.